The van der Waals surface area contributed by atoms with Crippen LogP contribution in [0.1, 0.15) is 16.1 Å². The van der Waals surface area contributed by atoms with Gasteiger partial charge in [-0.2, -0.15) is 13.2 Å². The van der Waals surface area contributed by atoms with Gasteiger partial charge in [0.15, 0.2) is 0 Å². The average Bonchev–Trinajstić information content (AvgIpc) is 2.45. The second-order valence-corrected chi connectivity index (χ2v) is 4.15. The summed E-state index contributed by atoms with van der Waals surface area (Å²) in [6.45, 7) is 0. The fourth-order valence-corrected chi connectivity index (χ4v) is 1.79. The summed E-state index contributed by atoms with van der Waals surface area (Å²) in [6.07, 6.45) is -3.19. The lowest BCUT2D eigenvalue weighted by molar-refractivity contribution is -0.137. The number of rotatable bonds is 3. The van der Waals surface area contributed by atoms with Crippen LogP contribution in [0, 0.1) is 0 Å². The summed E-state index contributed by atoms with van der Waals surface area (Å²) < 4.78 is 42.9. The van der Waals surface area contributed by atoms with E-state index in [1.54, 1.807) is 0 Å². The maximum absolute atomic E-state index is 12.6. The van der Waals surface area contributed by atoms with Crippen LogP contribution in [0.15, 0.2) is 36.5 Å². The normalized spacial score (nSPS) is 11.2. The van der Waals surface area contributed by atoms with Gasteiger partial charge in [-0.05, 0) is 24.3 Å². The van der Waals surface area contributed by atoms with Gasteiger partial charge in [0.05, 0.1) is 12.7 Å². The van der Waals surface area contributed by atoms with Crippen LogP contribution in [0.25, 0.3) is 11.1 Å². The summed E-state index contributed by atoms with van der Waals surface area (Å²) in [4.78, 5) is 14.4. The van der Waals surface area contributed by atoms with Crippen molar-refractivity contribution in [1.82, 2.24) is 4.98 Å². The van der Waals surface area contributed by atoms with E-state index < -0.39 is 17.7 Å². The third-order valence-electron chi connectivity index (χ3n) is 2.82. The minimum absolute atomic E-state index is 0.0368. The standard InChI is InChI=1S/C14H10F3NO3/c1-21-12-6-9(14(15,16)17)3-4-10(12)8-2-5-11(13(19)20)18-7-8/h2-7H,1H3,(H,19,20). The second-order valence-electron chi connectivity index (χ2n) is 4.15. The number of hydrogen-bond acceptors (Lipinski definition) is 3. The number of pyridine rings is 1. The van der Waals surface area contributed by atoms with Gasteiger partial charge in [-0.15, -0.1) is 0 Å². The summed E-state index contributed by atoms with van der Waals surface area (Å²) in [6, 6.07) is 5.82. The number of carbonyl (C=O) groups is 1. The zero-order valence-electron chi connectivity index (χ0n) is 10.8. The number of halogens is 3. The van der Waals surface area contributed by atoms with Crippen LogP contribution in [0.3, 0.4) is 0 Å². The van der Waals surface area contributed by atoms with Crippen molar-refractivity contribution in [2.75, 3.05) is 7.11 Å². The lowest BCUT2D eigenvalue weighted by Gasteiger charge is -2.12. The predicted octanol–water partition coefficient (Wildman–Crippen LogP) is 3.47. The van der Waals surface area contributed by atoms with E-state index in [-0.39, 0.29) is 11.4 Å². The Hall–Kier alpha value is -2.57. The van der Waals surface area contributed by atoms with Crippen molar-refractivity contribution in [3.8, 4) is 16.9 Å². The molecule has 0 aliphatic carbocycles. The molecule has 7 heteroatoms. The van der Waals surface area contributed by atoms with Crippen molar-refractivity contribution in [1.29, 1.82) is 0 Å². The minimum atomic E-state index is -4.46. The molecule has 1 aromatic carbocycles. The van der Waals surface area contributed by atoms with Crippen LogP contribution in [0.2, 0.25) is 0 Å². The van der Waals surface area contributed by atoms with E-state index in [0.717, 1.165) is 12.1 Å². The SMILES string of the molecule is COc1cc(C(F)(F)F)ccc1-c1ccc(C(=O)O)nc1. The minimum Gasteiger partial charge on any atom is -0.496 e. The average molecular weight is 297 g/mol. The molecule has 2 rings (SSSR count). The van der Waals surface area contributed by atoms with Crippen molar-refractivity contribution in [2.45, 2.75) is 6.18 Å². The van der Waals surface area contributed by atoms with E-state index >= 15 is 0 Å². The molecule has 4 nitrogen and oxygen atoms in total. The van der Waals surface area contributed by atoms with E-state index in [2.05, 4.69) is 4.98 Å². The summed E-state index contributed by atoms with van der Waals surface area (Å²) in [5.74, 6) is -1.14. The molecule has 1 heterocycles. The molecule has 1 aromatic heterocycles. The van der Waals surface area contributed by atoms with Crippen LogP contribution in [-0.4, -0.2) is 23.2 Å². The molecular formula is C14H10F3NO3. The zero-order valence-corrected chi connectivity index (χ0v) is 10.8. The highest BCUT2D eigenvalue weighted by Gasteiger charge is 2.31. The largest absolute Gasteiger partial charge is 0.496 e. The van der Waals surface area contributed by atoms with Gasteiger partial charge in [-0.25, -0.2) is 9.78 Å². The number of aromatic nitrogens is 1. The van der Waals surface area contributed by atoms with Gasteiger partial charge < -0.3 is 9.84 Å². The molecule has 0 aliphatic heterocycles. The molecule has 0 fully saturated rings. The van der Waals surface area contributed by atoms with Crippen LogP contribution in [0.4, 0.5) is 13.2 Å². The van der Waals surface area contributed by atoms with E-state index in [1.165, 1.54) is 31.5 Å². The van der Waals surface area contributed by atoms with Crippen molar-refractivity contribution < 1.29 is 27.8 Å². The molecule has 0 radical (unpaired) electrons. The smallest absolute Gasteiger partial charge is 0.416 e. The summed E-state index contributed by atoms with van der Waals surface area (Å²) in [7, 11) is 1.26. The predicted molar refractivity (Wildman–Crippen MR) is 68.2 cm³/mol. The number of benzene rings is 1. The Labute approximate surface area is 117 Å². The molecule has 0 aliphatic rings. The number of nitrogens with zero attached hydrogens (tertiary/aromatic N) is 1. The Bertz CT molecular complexity index is 666. The van der Waals surface area contributed by atoms with Gasteiger partial charge in [-0.1, -0.05) is 6.07 Å². The van der Waals surface area contributed by atoms with Gasteiger partial charge >= 0.3 is 12.1 Å². The molecule has 0 unspecified atom stereocenters. The molecule has 0 saturated heterocycles. The maximum Gasteiger partial charge on any atom is 0.416 e. The number of hydrogen-bond donors (Lipinski definition) is 1. The van der Waals surface area contributed by atoms with E-state index in [0.29, 0.717) is 11.1 Å². The quantitative estimate of drug-likeness (QED) is 0.942. The van der Waals surface area contributed by atoms with Gasteiger partial charge in [0, 0.05) is 17.3 Å². The first kappa shape index (κ1) is 14.8. The van der Waals surface area contributed by atoms with Gasteiger partial charge in [0.1, 0.15) is 11.4 Å². The first-order valence-electron chi connectivity index (χ1n) is 5.78. The third kappa shape index (κ3) is 3.13. The van der Waals surface area contributed by atoms with Crippen molar-refractivity contribution in [3.05, 3.63) is 47.8 Å². The van der Waals surface area contributed by atoms with Gasteiger partial charge in [0.25, 0.3) is 0 Å². The Kier molecular flexibility index (Phi) is 3.84. The van der Waals surface area contributed by atoms with E-state index in [9.17, 15) is 18.0 Å². The molecule has 110 valence electrons. The highest BCUT2D eigenvalue weighted by molar-refractivity contribution is 5.86. The summed E-state index contributed by atoms with van der Waals surface area (Å²) >= 11 is 0. The Balaban J connectivity index is 2.46. The molecule has 0 bridgehead atoms. The van der Waals surface area contributed by atoms with Crippen molar-refractivity contribution in [2.24, 2.45) is 0 Å². The number of carboxylic acid groups (broad SMARTS) is 1. The zero-order chi connectivity index (χ0) is 15.6. The molecule has 0 saturated carbocycles. The number of aromatic carboxylic acids is 1. The molecule has 1 N–H and O–H groups in total. The second kappa shape index (κ2) is 5.43. The van der Waals surface area contributed by atoms with Crippen LogP contribution < -0.4 is 4.74 Å². The van der Waals surface area contributed by atoms with Crippen LogP contribution in [-0.2, 0) is 6.18 Å². The number of alkyl halides is 3. The molecule has 0 amide bonds. The lowest BCUT2D eigenvalue weighted by Crippen LogP contribution is -2.05. The summed E-state index contributed by atoms with van der Waals surface area (Å²) in [5, 5.41) is 8.76. The Morgan fingerprint density at radius 1 is 1.24 bits per heavy atom. The van der Waals surface area contributed by atoms with Crippen molar-refractivity contribution >= 4 is 5.97 Å². The fraction of sp³-hybridized carbons (Fsp3) is 0.143. The molecular weight excluding hydrogens is 287 g/mol. The molecule has 2 aromatic rings. The first-order valence-corrected chi connectivity index (χ1v) is 5.78. The van der Waals surface area contributed by atoms with E-state index in [4.69, 9.17) is 9.84 Å². The Morgan fingerprint density at radius 2 is 1.95 bits per heavy atom. The number of methoxy groups -OCH3 is 1. The lowest BCUT2D eigenvalue weighted by atomic mass is 10.0. The fourth-order valence-electron chi connectivity index (χ4n) is 1.79. The highest BCUT2D eigenvalue weighted by Crippen LogP contribution is 2.36. The van der Waals surface area contributed by atoms with Gasteiger partial charge in [0.2, 0.25) is 0 Å². The van der Waals surface area contributed by atoms with Crippen LogP contribution in [0.5, 0.6) is 5.75 Å². The molecule has 21 heavy (non-hydrogen) atoms. The molecule has 0 spiro atoms. The van der Waals surface area contributed by atoms with Gasteiger partial charge in [-0.3, -0.25) is 0 Å². The summed E-state index contributed by atoms with van der Waals surface area (Å²) in [5.41, 5.74) is -0.108. The molecule has 0 atom stereocenters. The first-order chi connectivity index (χ1) is 9.82. The number of ether oxygens (including phenoxy) is 1. The van der Waals surface area contributed by atoms with Crippen LogP contribution >= 0.6 is 0 Å². The van der Waals surface area contributed by atoms with E-state index in [1.807, 2.05) is 0 Å². The highest BCUT2D eigenvalue weighted by atomic mass is 19.4. The maximum atomic E-state index is 12.6. The number of carboxylic acids is 1. The monoisotopic (exact) mass is 297 g/mol. The van der Waals surface area contributed by atoms with Crippen molar-refractivity contribution in [3.63, 3.8) is 0 Å². The third-order valence-corrected chi connectivity index (χ3v) is 2.82. The Morgan fingerprint density at radius 3 is 2.43 bits per heavy atom. The topological polar surface area (TPSA) is 59.4 Å².